The van der Waals surface area contributed by atoms with E-state index in [1.807, 2.05) is 18.2 Å². The van der Waals surface area contributed by atoms with Crippen molar-refractivity contribution in [2.24, 2.45) is 74.9 Å². The van der Waals surface area contributed by atoms with E-state index in [1.54, 1.807) is 6.08 Å². The zero-order valence-corrected chi connectivity index (χ0v) is 38.0. The van der Waals surface area contributed by atoms with Crippen molar-refractivity contribution in [1.29, 1.82) is 0 Å². The molecule has 8 fully saturated rings. The van der Waals surface area contributed by atoms with Crippen LogP contribution in [0.5, 0.6) is 0 Å². The van der Waals surface area contributed by atoms with Crippen LogP contribution in [0.1, 0.15) is 133 Å². The molecule has 0 amide bonds. The molecular weight excluding hydrogens is 819 g/mol. The molecule has 0 saturated heterocycles. The van der Waals surface area contributed by atoms with Gasteiger partial charge in [0.05, 0.1) is 36.1 Å². The Bertz CT molecular complexity index is 2240. The van der Waals surface area contributed by atoms with Gasteiger partial charge in [-0.15, -0.1) is 0 Å². The molecule has 1 heterocycles. The molecule has 17 atom stereocenters. The quantitative estimate of drug-likeness (QED) is 0.0641. The first kappa shape index (κ1) is 43.4. The molecule has 10 nitrogen and oxygen atoms in total. The van der Waals surface area contributed by atoms with E-state index in [0.717, 1.165) is 49.5 Å². The number of carbonyl (C=O) groups is 2. The Hall–Kier alpha value is -2.88. The SMILES string of the molecule is O=CC12CC3(CCCC3)C(O)C3CC4C=CCC(C5CCCC5)C4CC(CC4(O)C1CCC15CCC#Cc6ccccc6CC(NCO)C6CC(CC41O)C5(CO)C1=CC(=O)OC16)C32O. The maximum Gasteiger partial charge on any atom is 0.331 e. The van der Waals surface area contributed by atoms with Gasteiger partial charge in [0, 0.05) is 52.7 Å². The molecule has 350 valence electrons. The smallest absolute Gasteiger partial charge is 0.331 e. The minimum atomic E-state index is -1.86. The summed E-state index contributed by atoms with van der Waals surface area (Å²) in [6.07, 6.45) is 19.1. The summed E-state index contributed by atoms with van der Waals surface area (Å²) < 4.78 is 6.29. The fourth-order valence-corrected chi connectivity index (χ4v) is 20.1. The van der Waals surface area contributed by atoms with Crippen molar-refractivity contribution >= 4 is 12.3 Å². The van der Waals surface area contributed by atoms with Gasteiger partial charge in [0.15, 0.2) is 0 Å². The van der Waals surface area contributed by atoms with Crippen LogP contribution in [0.3, 0.4) is 0 Å². The molecule has 1 aromatic rings. The standard InChI is InChI=1S/C55H71NO9/c57-30-50-29-49(18-7-8-19-49)48(61)43-22-36-15-9-16-39(34-12-2-3-13-34)40(36)25-38(55(43,50)64)27-53(62)45(50)17-21-51-20-6-5-11-33-10-1-4-14-35(33)23-44(56-32-59)41-24-37(28-54(51,53)63)52(51,31-58)42-26-46(60)65-47(41)42/h1,4,9-10,14-15,26,30,34,36-41,43-45,47-48,56,58-59,61-64H,2-3,6-8,12-13,16-25,27-29,31-32H2. The molecule has 7 N–H and O–H groups in total. The van der Waals surface area contributed by atoms with Crippen LogP contribution in [0.4, 0.5) is 0 Å². The van der Waals surface area contributed by atoms with E-state index in [-0.39, 0.29) is 56.4 Å². The largest absolute Gasteiger partial charge is 0.454 e. The number of aldehydes is 1. The molecule has 12 rings (SSSR count). The fourth-order valence-electron chi connectivity index (χ4n) is 20.1. The number of fused-ring (bicyclic) bond motifs is 8. The monoisotopic (exact) mass is 890 g/mol. The van der Waals surface area contributed by atoms with E-state index < -0.39 is 80.3 Å². The van der Waals surface area contributed by atoms with Gasteiger partial charge in [0.25, 0.3) is 0 Å². The van der Waals surface area contributed by atoms with E-state index in [4.69, 9.17) is 4.74 Å². The highest BCUT2D eigenvalue weighted by Crippen LogP contribution is 2.82. The van der Waals surface area contributed by atoms with E-state index >= 15 is 0 Å². The summed E-state index contributed by atoms with van der Waals surface area (Å²) in [5.41, 5.74) is -7.11. The summed E-state index contributed by atoms with van der Waals surface area (Å²) in [6.45, 7) is -0.658. The molecule has 0 radical (unpaired) electrons. The normalized spacial score (nSPS) is 50.1. The van der Waals surface area contributed by atoms with Crippen LogP contribution in [0.15, 0.2) is 48.1 Å². The number of allylic oxidation sites excluding steroid dienone is 2. The topological polar surface area (TPSA) is 177 Å². The van der Waals surface area contributed by atoms with Gasteiger partial charge in [0.2, 0.25) is 0 Å². The predicted molar refractivity (Wildman–Crippen MR) is 241 cm³/mol. The molecule has 65 heavy (non-hydrogen) atoms. The molecular formula is C55H71NO9. The number of aliphatic hydroxyl groups excluding tert-OH is 3. The van der Waals surface area contributed by atoms with E-state index in [9.17, 15) is 40.2 Å². The number of hydrogen-bond donors (Lipinski definition) is 7. The predicted octanol–water partition coefficient (Wildman–Crippen LogP) is 5.68. The van der Waals surface area contributed by atoms with Crippen molar-refractivity contribution < 1.29 is 45.0 Å². The maximum atomic E-state index is 14.9. The highest BCUT2D eigenvalue weighted by atomic mass is 16.5. The zero-order chi connectivity index (χ0) is 44.8. The number of esters is 1. The van der Waals surface area contributed by atoms with Crippen LogP contribution in [0, 0.1) is 86.8 Å². The number of rotatable bonds is 5. The average Bonchev–Trinajstić information content (AvgIpc) is 4.11. The number of hydrogen-bond acceptors (Lipinski definition) is 10. The molecule has 1 aliphatic heterocycles. The number of aliphatic hydroxyl groups is 6. The average molecular weight is 890 g/mol. The summed E-state index contributed by atoms with van der Waals surface area (Å²) in [6, 6.07) is 7.67. The first-order valence-corrected chi connectivity index (χ1v) is 25.8. The number of ether oxygens (including phenoxy) is 1. The van der Waals surface area contributed by atoms with Gasteiger partial charge in [-0.05, 0) is 142 Å². The van der Waals surface area contributed by atoms with Crippen molar-refractivity contribution in [3.05, 3.63) is 59.2 Å². The Morgan fingerprint density at radius 3 is 2.45 bits per heavy atom. The lowest BCUT2D eigenvalue weighted by Crippen LogP contribution is -2.82. The summed E-state index contributed by atoms with van der Waals surface area (Å²) in [5.74, 6) is 5.13. The van der Waals surface area contributed by atoms with Crippen LogP contribution >= 0.6 is 0 Å². The molecule has 1 aromatic carbocycles. The lowest BCUT2D eigenvalue weighted by atomic mass is 9.33. The third-order valence-corrected chi connectivity index (χ3v) is 22.4. The van der Waals surface area contributed by atoms with Crippen molar-refractivity contribution in [1.82, 2.24) is 5.32 Å². The van der Waals surface area contributed by atoms with E-state index in [1.165, 1.54) is 25.7 Å². The van der Waals surface area contributed by atoms with Gasteiger partial charge in [-0.3, -0.25) is 5.32 Å². The molecule has 0 aromatic heterocycles. The lowest BCUT2D eigenvalue weighted by molar-refractivity contribution is -0.358. The molecule has 2 spiro atoms. The third-order valence-electron chi connectivity index (χ3n) is 22.4. The Morgan fingerprint density at radius 2 is 1.68 bits per heavy atom. The second-order valence-electron chi connectivity index (χ2n) is 23.8. The number of carbonyl (C=O) groups excluding carboxylic acids is 2. The highest BCUT2D eigenvalue weighted by molar-refractivity contribution is 5.87. The third kappa shape index (κ3) is 5.39. The Labute approximate surface area is 384 Å². The summed E-state index contributed by atoms with van der Waals surface area (Å²) in [4.78, 5) is 28.6. The molecule has 8 saturated carbocycles. The lowest BCUT2D eigenvalue weighted by Gasteiger charge is -2.74. The summed E-state index contributed by atoms with van der Waals surface area (Å²) in [5, 5.41) is 82.4. The maximum absolute atomic E-state index is 14.9. The molecule has 10 heteroatoms. The minimum absolute atomic E-state index is 0.0891. The van der Waals surface area contributed by atoms with E-state index in [0.29, 0.717) is 68.8 Å². The van der Waals surface area contributed by atoms with Crippen molar-refractivity contribution in [2.75, 3.05) is 13.3 Å². The van der Waals surface area contributed by atoms with Crippen LogP contribution in [-0.4, -0.2) is 91.3 Å². The molecule has 10 aliphatic carbocycles. The summed E-state index contributed by atoms with van der Waals surface area (Å²) >= 11 is 0. The Balaban J connectivity index is 1.06. The molecule has 4 bridgehead atoms. The number of benzene rings is 1. The van der Waals surface area contributed by atoms with Gasteiger partial charge >= 0.3 is 5.97 Å². The van der Waals surface area contributed by atoms with Crippen LogP contribution < -0.4 is 5.32 Å². The van der Waals surface area contributed by atoms with Gasteiger partial charge < -0.3 is 40.2 Å². The first-order chi connectivity index (χ1) is 31.4. The fraction of sp³-hybridized carbons (Fsp3) is 0.745. The van der Waals surface area contributed by atoms with Crippen LogP contribution in [0.2, 0.25) is 0 Å². The van der Waals surface area contributed by atoms with Crippen molar-refractivity contribution in [3.63, 3.8) is 0 Å². The molecule has 11 aliphatic rings. The molecule has 17 unspecified atom stereocenters. The highest BCUT2D eigenvalue weighted by Gasteiger charge is 2.87. The van der Waals surface area contributed by atoms with Crippen LogP contribution in [0.25, 0.3) is 0 Å². The van der Waals surface area contributed by atoms with Gasteiger partial charge in [0.1, 0.15) is 18.0 Å². The Kier molecular flexibility index (Phi) is 10.1. The minimum Gasteiger partial charge on any atom is -0.454 e. The van der Waals surface area contributed by atoms with Crippen molar-refractivity contribution in [3.8, 4) is 11.8 Å². The second-order valence-corrected chi connectivity index (χ2v) is 23.8. The Morgan fingerprint density at radius 1 is 0.892 bits per heavy atom. The second kappa shape index (κ2) is 15.1. The van der Waals surface area contributed by atoms with Gasteiger partial charge in [-0.1, -0.05) is 80.7 Å². The summed E-state index contributed by atoms with van der Waals surface area (Å²) in [7, 11) is 0. The van der Waals surface area contributed by atoms with Crippen LogP contribution in [-0.2, 0) is 20.7 Å². The first-order valence-electron chi connectivity index (χ1n) is 25.8. The number of nitrogens with one attached hydrogen (secondary N) is 1. The van der Waals surface area contributed by atoms with Crippen molar-refractivity contribution in [2.45, 2.75) is 163 Å². The zero-order valence-electron chi connectivity index (χ0n) is 38.0. The van der Waals surface area contributed by atoms with E-state index in [2.05, 4.69) is 35.4 Å². The van der Waals surface area contributed by atoms with Gasteiger partial charge in [-0.25, -0.2) is 4.79 Å². The van der Waals surface area contributed by atoms with Gasteiger partial charge in [-0.2, -0.15) is 0 Å².